The van der Waals surface area contributed by atoms with E-state index >= 15 is 0 Å². The van der Waals surface area contributed by atoms with Crippen molar-refractivity contribution in [3.8, 4) is 11.4 Å². The van der Waals surface area contributed by atoms with E-state index in [-0.39, 0.29) is 24.0 Å². The number of hydrogen-bond acceptors (Lipinski definition) is 6. The number of nitrogens with zero attached hydrogens (tertiary/aromatic N) is 5. The molecule has 156 valence electrons. The molecular weight excluding hydrogens is 523 g/mol. The van der Waals surface area contributed by atoms with Crippen molar-refractivity contribution in [2.75, 3.05) is 20.1 Å². The number of hydrogen-bond donors (Lipinski definition) is 1. The molecule has 2 heterocycles. The molecule has 7 nitrogen and oxygen atoms in total. The Bertz CT molecular complexity index is 944. The molecule has 0 radical (unpaired) electrons. The summed E-state index contributed by atoms with van der Waals surface area (Å²) < 4.78 is 5.34. The molecular formula is C19H24ClIN6OS. The zero-order valence-corrected chi connectivity index (χ0v) is 20.5. The molecule has 0 spiro atoms. The number of halogens is 2. The van der Waals surface area contributed by atoms with E-state index in [0.717, 1.165) is 28.8 Å². The van der Waals surface area contributed by atoms with E-state index in [2.05, 4.69) is 35.7 Å². The lowest BCUT2D eigenvalue weighted by Gasteiger charge is -2.21. The van der Waals surface area contributed by atoms with Crippen molar-refractivity contribution in [3.63, 3.8) is 0 Å². The molecule has 1 N–H and O–H groups in total. The highest BCUT2D eigenvalue weighted by molar-refractivity contribution is 14.0. The first-order valence-corrected chi connectivity index (χ1v) is 10.3. The molecule has 0 unspecified atom stereocenters. The zero-order chi connectivity index (χ0) is 19.9. The Labute approximate surface area is 196 Å². The molecule has 0 saturated heterocycles. The maximum absolute atomic E-state index is 6.02. The normalized spacial score (nSPS) is 11.2. The fourth-order valence-corrected chi connectivity index (χ4v) is 3.42. The van der Waals surface area contributed by atoms with Gasteiger partial charge in [0.1, 0.15) is 0 Å². The van der Waals surface area contributed by atoms with E-state index in [4.69, 9.17) is 16.1 Å². The Hall–Kier alpha value is -1.72. The third-order valence-corrected chi connectivity index (χ3v) is 4.96. The van der Waals surface area contributed by atoms with Crippen LogP contribution in [-0.2, 0) is 13.0 Å². The summed E-state index contributed by atoms with van der Waals surface area (Å²) in [6.07, 6.45) is 0.562. The molecule has 0 aliphatic rings. The average Bonchev–Trinajstić information content (AvgIpc) is 3.30. The maximum atomic E-state index is 6.02. The minimum absolute atomic E-state index is 0. The van der Waals surface area contributed by atoms with E-state index in [9.17, 15) is 0 Å². The van der Waals surface area contributed by atoms with Crippen LogP contribution in [0.15, 0.2) is 39.2 Å². The van der Waals surface area contributed by atoms with Crippen LogP contribution >= 0.6 is 46.9 Å². The van der Waals surface area contributed by atoms with Crippen LogP contribution in [0.1, 0.15) is 23.5 Å². The molecule has 0 saturated carbocycles. The summed E-state index contributed by atoms with van der Waals surface area (Å²) in [5, 5.41) is 11.1. The third-order valence-electron chi connectivity index (χ3n) is 3.90. The van der Waals surface area contributed by atoms with Crippen molar-refractivity contribution in [1.82, 2.24) is 25.3 Å². The van der Waals surface area contributed by atoms with Crippen LogP contribution in [0, 0.1) is 6.92 Å². The van der Waals surface area contributed by atoms with Crippen LogP contribution in [0.4, 0.5) is 0 Å². The number of thiazole rings is 1. The monoisotopic (exact) mass is 546 g/mol. The molecule has 0 amide bonds. The predicted molar refractivity (Wildman–Crippen MR) is 128 cm³/mol. The second-order valence-corrected chi connectivity index (χ2v) is 7.72. The van der Waals surface area contributed by atoms with Gasteiger partial charge < -0.3 is 14.7 Å². The largest absolute Gasteiger partial charge is 0.357 e. The summed E-state index contributed by atoms with van der Waals surface area (Å²) >= 11 is 7.67. The number of aryl methyl sites for hydroxylation is 1. The van der Waals surface area contributed by atoms with Crippen molar-refractivity contribution in [2.24, 2.45) is 4.99 Å². The molecule has 0 aliphatic heterocycles. The Morgan fingerprint density at radius 2 is 2.17 bits per heavy atom. The van der Waals surface area contributed by atoms with Crippen LogP contribution in [0.3, 0.4) is 0 Å². The highest BCUT2D eigenvalue weighted by atomic mass is 127. The zero-order valence-electron chi connectivity index (χ0n) is 16.6. The molecule has 0 bridgehead atoms. The summed E-state index contributed by atoms with van der Waals surface area (Å²) in [4.78, 5) is 15.7. The SMILES string of the molecule is CCNC(=NCCc1nc(-c2cccc(Cl)c2)no1)N(C)Cc1csc(C)n1.I. The van der Waals surface area contributed by atoms with Gasteiger partial charge in [-0.25, -0.2) is 4.98 Å². The topological polar surface area (TPSA) is 79.4 Å². The summed E-state index contributed by atoms with van der Waals surface area (Å²) in [6.45, 7) is 6.09. The van der Waals surface area contributed by atoms with Gasteiger partial charge in [-0.15, -0.1) is 35.3 Å². The van der Waals surface area contributed by atoms with Crippen LogP contribution in [0.25, 0.3) is 11.4 Å². The molecule has 29 heavy (non-hydrogen) atoms. The van der Waals surface area contributed by atoms with Crippen molar-refractivity contribution in [2.45, 2.75) is 26.8 Å². The van der Waals surface area contributed by atoms with E-state index in [1.54, 1.807) is 11.3 Å². The number of rotatable bonds is 7. The molecule has 3 rings (SSSR count). The quantitative estimate of drug-likeness (QED) is 0.269. The lowest BCUT2D eigenvalue weighted by molar-refractivity contribution is 0.380. The minimum atomic E-state index is 0. The van der Waals surface area contributed by atoms with Gasteiger partial charge in [-0.1, -0.05) is 28.9 Å². The first kappa shape index (κ1) is 23.6. The summed E-state index contributed by atoms with van der Waals surface area (Å²) in [7, 11) is 2.00. The Morgan fingerprint density at radius 3 is 2.86 bits per heavy atom. The highest BCUT2D eigenvalue weighted by Crippen LogP contribution is 2.20. The summed E-state index contributed by atoms with van der Waals surface area (Å²) in [5.41, 5.74) is 1.87. The van der Waals surface area contributed by atoms with E-state index in [1.165, 1.54) is 0 Å². The van der Waals surface area contributed by atoms with Gasteiger partial charge in [-0.05, 0) is 26.0 Å². The standard InChI is InChI=1S/C19H23ClN6OS.HI/c1-4-21-19(26(3)11-16-12-28-13(2)23-16)22-9-8-17-24-18(25-27-17)14-6-5-7-15(20)10-14;/h5-7,10,12H,4,8-9,11H2,1-3H3,(H,21,22);1H. The van der Waals surface area contributed by atoms with Gasteiger partial charge in [0, 0.05) is 36.0 Å². The Kier molecular flexibility index (Phi) is 9.31. The molecule has 0 aliphatic carbocycles. The van der Waals surface area contributed by atoms with E-state index in [0.29, 0.717) is 36.2 Å². The average molecular weight is 547 g/mol. The maximum Gasteiger partial charge on any atom is 0.228 e. The van der Waals surface area contributed by atoms with Gasteiger partial charge in [-0.2, -0.15) is 4.98 Å². The number of nitrogens with one attached hydrogen (secondary N) is 1. The van der Waals surface area contributed by atoms with Crippen LogP contribution < -0.4 is 5.32 Å². The number of guanidine groups is 1. The van der Waals surface area contributed by atoms with Gasteiger partial charge in [0.05, 0.1) is 23.8 Å². The molecule has 10 heteroatoms. The van der Waals surface area contributed by atoms with Gasteiger partial charge in [0.2, 0.25) is 11.7 Å². The molecule has 0 atom stereocenters. The molecule has 2 aromatic heterocycles. The second kappa shape index (κ2) is 11.5. The lowest BCUT2D eigenvalue weighted by atomic mass is 10.2. The van der Waals surface area contributed by atoms with Gasteiger partial charge in [0.25, 0.3) is 0 Å². The minimum Gasteiger partial charge on any atom is -0.357 e. The van der Waals surface area contributed by atoms with Crippen molar-refractivity contribution in [3.05, 3.63) is 51.3 Å². The van der Waals surface area contributed by atoms with Crippen molar-refractivity contribution < 1.29 is 4.52 Å². The van der Waals surface area contributed by atoms with Gasteiger partial charge in [0.15, 0.2) is 5.96 Å². The van der Waals surface area contributed by atoms with Crippen molar-refractivity contribution >= 4 is 52.9 Å². The van der Waals surface area contributed by atoms with Gasteiger partial charge in [-0.3, -0.25) is 4.99 Å². The fraction of sp³-hybridized carbons (Fsp3) is 0.368. The smallest absolute Gasteiger partial charge is 0.228 e. The van der Waals surface area contributed by atoms with Gasteiger partial charge >= 0.3 is 0 Å². The summed E-state index contributed by atoms with van der Waals surface area (Å²) in [5.74, 6) is 1.90. The Morgan fingerprint density at radius 1 is 1.34 bits per heavy atom. The molecule has 3 aromatic rings. The number of aromatic nitrogens is 3. The molecule has 1 aromatic carbocycles. The third kappa shape index (κ3) is 6.93. The van der Waals surface area contributed by atoms with Crippen LogP contribution in [0.2, 0.25) is 5.02 Å². The van der Waals surface area contributed by atoms with E-state index in [1.807, 2.05) is 45.2 Å². The second-order valence-electron chi connectivity index (χ2n) is 6.22. The predicted octanol–water partition coefficient (Wildman–Crippen LogP) is 4.41. The van der Waals surface area contributed by atoms with Crippen LogP contribution in [-0.4, -0.2) is 46.1 Å². The highest BCUT2D eigenvalue weighted by Gasteiger charge is 2.11. The Balaban J connectivity index is 0.00000300. The first-order valence-electron chi connectivity index (χ1n) is 9.04. The van der Waals surface area contributed by atoms with Crippen LogP contribution in [0.5, 0.6) is 0 Å². The number of aliphatic imine (C=N–C) groups is 1. The number of benzene rings is 1. The van der Waals surface area contributed by atoms with Crippen molar-refractivity contribution in [1.29, 1.82) is 0 Å². The summed E-state index contributed by atoms with van der Waals surface area (Å²) in [6, 6.07) is 7.39. The first-order chi connectivity index (χ1) is 13.5. The van der Waals surface area contributed by atoms with E-state index < -0.39 is 0 Å². The molecule has 0 fully saturated rings. The lowest BCUT2D eigenvalue weighted by Crippen LogP contribution is -2.38. The fourth-order valence-electron chi connectivity index (χ4n) is 2.63.